The lowest BCUT2D eigenvalue weighted by atomic mass is 9.95. The van der Waals surface area contributed by atoms with Crippen molar-refractivity contribution in [2.75, 3.05) is 19.6 Å². The van der Waals surface area contributed by atoms with Gasteiger partial charge in [-0.3, -0.25) is 25.0 Å². The van der Waals surface area contributed by atoms with Gasteiger partial charge >= 0.3 is 6.03 Å². The Labute approximate surface area is 356 Å². The maximum atomic E-state index is 14.6. The lowest BCUT2D eigenvalue weighted by Crippen LogP contribution is -2.58. The van der Waals surface area contributed by atoms with Crippen LogP contribution in [0.2, 0.25) is 0 Å². The van der Waals surface area contributed by atoms with Crippen molar-refractivity contribution in [2.24, 2.45) is 5.92 Å². The molecule has 6 aromatic rings. The van der Waals surface area contributed by atoms with Gasteiger partial charge in [-0.25, -0.2) is 9.80 Å². The molecule has 12 nitrogen and oxygen atoms in total. The van der Waals surface area contributed by atoms with Crippen LogP contribution in [0.5, 0.6) is 5.75 Å². The zero-order chi connectivity index (χ0) is 42.9. The fraction of sp³-hybridized carbons (Fsp3) is 0.286. The van der Waals surface area contributed by atoms with Crippen LogP contribution in [0.4, 0.5) is 4.79 Å². The standard InChI is InChI=1S/C49H53N7O5/c1-4-33(2)46(56-28-27-54(49(56)61)31-38-24-26-51-42-18-9-8-15-40(38)42)48(60)52-43(29-35-13-6-5-7-14-35)45(58)32-55(53-47(59)39-16-12-19-44(57)34(39)3)30-36-20-22-37(23-21-36)41-17-10-11-25-50-41/h5-26,33,43,45-46,57-58H,4,27-32H2,1-3H3,(H,52,60)(H,53,59). The Morgan fingerprint density at radius 3 is 2.34 bits per heavy atom. The summed E-state index contributed by atoms with van der Waals surface area (Å²) >= 11 is 0. The third kappa shape index (κ3) is 10.2. The van der Waals surface area contributed by atoms with E-state index in [0.29, 0.717) is 38.0 Å². The number of pyridine rings is 2. The number of rotatable bonds is 17. The molecule has 1 fully saturated rings. The Kier molecular flexibility index (Phi) is 13.7. The number of aliphatic hydroxyl groups excluding tert-OH is 1. The maximum absolute atomic E-state index is 14.6. The molecule has 0 saturated carbocycles. The van der Waals surface area contributed by atoms with Crippen LogP contribution in [0, 0.1) is 12.8 Å². The van der Waals surface area contributed by atoms with Gasteiger partial charge in [-0.05, 0) is 72.4 Å². The van der Waals surface area contributed by atoms with Crippen LogP contribution in [-0.2, 0) is 24.3 Å². The van der Waals surface area contributed by atoms with Crippen molar-refractivity contribution in [1.29, 1.82) is 0 Å². The number of benzene rings is 4. The summed E-state index contributed by atoms with van der Waals surface area (Å²) in [4.78, 5) is 54.9. The molecule has 1 saturated heterocycles. The van der Waals surface area contributed by atoms with E-state index in [0.717, 1.165) is 38.9 Å². The monoisotopic (exact) mass is 819 g/mol. The highest BCUT2D eigenvalue weighted by molar-refractivity contribution is 5.96. The largest absolute Gasteiger partial charge is 0.508 e. The van der Waals surface area contributed by atoms with Gasteiger partial charge in [0.05, 0.1) is 23.4 Å². The predicted molar refractivity (Wildman–Crippen MR) is 236 cm³/mol. The smallest absolute Gasteiger partial charge is 0.321 e. The van der Waals surface area contributed by atoms with Crippen molar-refractivity contribution in [3.8, 4) is 17.0 Å². The number of fused-ring (bicyclic) bond motifs is 1. The minimum atomic E-state index is -1.18. The first kappa shape index (κ1) is 42.5. The summed E-state index contributed by atoms with van der Waals surface area (Å²) in [7, 11) is 0. The number of hydrogen-bond donors (Lipinski definition) is 4. The molecule has 61 heavy (non-hydrogen) atoms. The van der Waals surface area contributed by atoms with E-state index in [1.165, 1.54) is 6.07 Å². The number of urea groups is 1. The molecule has 2 aromatic heterocycles. The molecular weight excluding hydrogens is 767 g/mol. The third-order valence-electron chi connectivity index (χ3n) is 11.6. The fourth-order valence-electron chi connectivity index (χ4n) is 7.97. The number of carbonyl (C=O) groups excluding carboxylic acids is 3. The number of aromatic nitrogens is 2. The highest BCUT2D eigenvalue weighted by Gasteiger charge is 2.41. The summed E-state index contributed by atoms with van der Waals surface area (Å²) in [6, 6.07) is 35.9. The summed E-state index contributed by atoms with van der Waals surface area (Å²) in [6.45, 7) is 7.02. The quantitative estimate of drug-likeness (QED) is 0.0727. The lowest BCUT2D eigenvalue weighted by molar-refractivity contribution is -0.128. The van der Waals surface area contributed by atoms with Gasteiger partial charge in [0.2, 0.25) is 5.91 Å². The molecule has 1 aliphatic heterocycles. The van der Waals surface area contributed by atoms with E-state index in [1.54, 1.807) is 46.3 Å². The fourth-order valence-corrected chi connectivity index (χ4v) is 7.97. The topological polar surface area (TPSA) is 151 Å². The van der Waals surface area contributed by atoms with Crippen LogP contribution < -0.4 is 10.7 Å². The number of aromatic hydroxyl groups is 1. The van der Waals surface area contributed by atoms with Gasteiger partial charge in [0, 0.05) is 67.2 Å². The first-order chi connectivity index (χ1) is 29.6. The minimum Gasteiger partial charge on any atom is -0.508 e. The van der Waals surface area contributed by atoms with Crippen LogP contribution in [0.15, 0.2) is 134 Å². The second-order valence-corrected chi connectivity index (χ2v) is 15.8. The zero-order valence-corrected chi connectivity index (χ0v) is 34.8. The normalized spacial score (nSPS) is 14.8. The number of para-hydroxylation sites is 1. The molecule has 4 amide bonds. The zero-order valence-electron chi connectivity index (χ0n) is 34.8. The summed E-state index contributed by atoms with van der Waals surface area (Å²) in [5.41, 5.74) is 9.04. The SMILES string of the molecule is CCC(C)C(C(=O)NC(Cc1ccccc1)C(O)CN(Cc1ccc(-c2ccccn2)cc1)NC(=O)c1cccc(O)c1C)N1CCN(Cc2ccnc3ccccc23)C1=O. The molecule has 314 valence electrons. The number of phenolic OH excluding ortho intramolecular Hbond substituents is 1. The lowest BCUT2D eigenvalue weighted by Gasteiger charge is -2.35. The predicted octanol–water partition coefficient (Wildman–Crippen LogP) is 6.90. The molecule has 4 aromatic carbocycles. The first-order valence-electron chi connectivity index (χ1n) is 20.8. The van der Waals surface area contributed by atoms with E-state index < -0.39 is 24.1 Å². The van der Waals surface area contributed by atoms with Crippen LogP contribution in [0.1, 0.15) is 52.9 Å². The van der Waals surface area contributed by atoms with E-state index in [9.17, 15) is 24.6 Å². The van der Waals surface area contributed by atoms with Gasteiger partial charge in [0.1, 0.15) is 11.8 Å². The second kappa shape index (κ2) is 19.6. The number of phenols is 1. The number of nitrogens with one attached hydrogen (secondary N) is 2. The molecule has 4 unspecified atom stereocenters. The number of hydrazine groups is 1. The molecule has 12 heteroatoms. The molecule has 4 atom stereocenters. The molecule has 0 spiro atoms. The highest BCUT2D eigenvalue weighted by atomic mass is 16.3. The number of hydrogen-bond acceptors (Lipinski definition) is 8. The van der Waals surface area contributed by atoms with Crippen LogP contribution in [0.3, 0.4) is 0 Å². The van der Waals surface area contributed by atoms with Crippen LogP contribution in [-0.4, -0.2) is 90.7 Å². The highest BCUT2D eigenvalue weighted by Crippen LogP contribution is 2.26. The molecule has 0 bridgehead atoms. The third-order valence-corrected chi connectivity index (χ3v) is 11.6. The van der Waals surface area contributed by atoms with Gasteiger partial charge in [0.25, 0.3) is 5.91 Å². The second-order valence-electron chi connectivity index (χ2n) is 15.8. The van der Waals surface area contributed by atoms with Crippen molar-refractivity contribution in [2.45, 2.75) is 64.9 Å². The van der Waals surface area contributed by atoms with E-state index in [4.69, 9.17) is 0 Å². The van der Waals surface area contributed by atoms with E-state index in [1.807, 2.05) is 117 Å². The van der Waals surface area contributed by atoms with Gasteiger partial charge in [-0.2, -0.15) is 0 Å². The molecule has 1 aliphatic rings. The average molecular weight is 820 g/mol. The van der Waals surface area contributed by atoms with Crippen LogP contribution in [0.25, 0.3) is 22.2 Å². The molecule has 0 radical (unpaired) electrons. The molecular formula is C49H53N7O5. The van der Waals surface area contributed by atoms with E-state index >= 15 is 0 Å². The number of amides is 4. The van der Waals surface area contributed by atoms with Crippen molar-refractivity contribution in [1.82, 2.24) is 35.5 Å². The summed E-state index contributed by atoms with van der Waals surface area (Å²) in [6.07, 6.45) is 3.26. The Morgan fingerprint density at radius 1 is 0.836 bits per heavy atom. The molecule has 7 rings (SSSR count). The van der Waals surface area contributed by atoms with E-state index in [2.05, 4.69) is 20.7 Å². The van der Waals surface area contributed by atoms with Gasteiger partial charge < -0.3 is 25.3 Å². The molecule has 0 aliphatic carbocycles. The Bertz CT molecular complexity index is 2430. The molecule has 4 N–H and O–H groups in total. The Morgan fingerprint density at radius 2 is 1.59 bits per heavy atom. The first-order valence-corrected chi connectivity index (χ1v) is 20.8. The average Bonchev–Trinajstić information content (AvgIpc) is 3.63. The molecule has 3 heterocycles. The number of nitrogens with zero attached hydrogens (tertiary/aromatic N) is 5. The van der Waals surface area contributed by atoms with Crippen molar-refractivity contribution < 1.29 is 24.6 Å². The Balaban J connectivity index is 1.13. The minimum absolute atomic E-state index is 0.00342. The van der Waals surface area contributed by atoms with Gasteiger partial charge in [-0.15, -0.1) is 0 Å². The number of carbonyl (C=O) groups is 3. The Hall–Kier alpha value is -6.63. The van der Waals surface area contributed by atoms with Gasteiger partial charge in [0.15, 0.2) is 0 Å². The van der Waals surface area contributed by atoms with Gasteiger partial charge in [-0.1, -0.05) is 105 Å². The van der Waals surface area contributed by atoms with Crippen molar-refractivity contribution in [3.63, 3.8) is 0 Å². The van der Waals surface area contributed by atoms with Crippen LogP contribution >= 0.6 is 0 Å². The van der Waals surface area contributed by atoms with Crippen molar-refractivity contribution >= 4 is 28.7 Å². The summed E-state index contributed by atoms with van der Waals surface area (Å²) < 4.78 is 0. The number of aliphatic hydroxyl groups is 1. The summed E-state index contributed by atoms with van der Waals surface area (Å²) in [5.74, 6) is -0.995. The van der Waals surface area contributed by atoms with Crippen molar-refractivity contribution in [3.05, 3.63) is 162 Å². The van der Waals surface area contributed by atoms with E-state index in [-0.39, 0.29) is 42.3 Å². The summed E-state index contributed by atoms with van der Waals surface area (Å²) in [5, 5.41) is 28.4. The maximum Gasteiger partial charge on any atom is 0.321 e.